The molecule has 1 unspecified atom stereocenters. The van der Waals surface area contributed by atoms with Crippen molar-refractivity contribution in [1.29, 1.82) is 0 Å². The fourth-order valence-corrected chi connectivity index (χ4v) is 2.07. The third-order valence-corrected chi connectivity index (χ3v) is 3.49. The number of hydrogen-bond acceptors (Lipinski definition) is 5. The lowest BCUT2D eigenvalue weighted by Gasteiger charge is -2.12. The maximum atomic E-state index is 12.1. The first-order chi connectivity index (χ1) is 12.0. The van der Waals surface area contributed by atoms with Gasteiger partial charge in [-0.05, 0) is 36.8 Å². The molecule has 0 aliphatic rings. The summed E-state index contributed by atoms with van der Waals surface area (Å²) < 4.78 is 10.4. The van der Waals surface area contributed by atoms with Crippen LogP contribution in [0.25, 0.3) is 0 Å². The van der Waals surface area contributed by atoms with Crippen LogP contribution >= 0.6 is 0 Å². The van der Waals surface area contributed by atoms with Crippen molar-refractivity contribution in [1.82, 2.24) is 10.3 Å². The number of amides is 1. The number of carbonyl (C=O) groups is 2. The summed E-state index contributed by atoms with van der Waals surface area (Å²) in [7, 11) is 1.28. The molecule has 2 N–H and O–H groups in total. The van der Waals surface area contributed by atoms with E-state index < -0.39 is 12.1 Å². The van der Waals surface area contributed by atoms with Gasteiger partial charge >= 0.3 is 5.97 Å². The van der Waals surface area contributed by atoms with Crippen LogP contribution in [0.15, 0.2) is 42.6 Å². The van der Waals surface area contributed by atoms with Gasteiger partial charge in [-0.3, -0.25) is 9.78 Å². The largest absolute Gasteiger partial charge is 0.487 e. The molecule has 0 bridgehead atoms. The summed E-state index contributed by atoms with van der Waals surface area (Å²) in [6.45, 7) is 2.08. The molecule has 0 aliphatic carbocycles. The summed E-state index contributed by atoms with van der Waals surface area (Å²) in [5.74, 6) is -0.858. The Morgan fingerprint density at radius 3 is 2.72 bits per heavy atom. The number of methoxy groups -OCH3 is 1. The minimum atomic E-state index is -1.13. The first kappa shape index (κ1) is 18.4. The van der Waals surface area contributed by atoms with E-state index >= 15 is 0 Å². The predicted octanol–water partition coefficient (Wildman–Crippen LogP) is 1.80. The van der Waals surface area contributed by atoms with Gasteiger partial charge in [0, 0.05) is 18.4 Å². The van der Waals surface area contributed by atoms with E-state index in [0.717, 1.165) is 11.3 Å². The maximum absolute atomic E-state index is 12.1. The van der Waals surface area contributed by atoms with Crippen LogP contribution in [0, 0.1) is 6.92 Å². The first-order valence-corrected chi connectivity index (χ1v) is 7.68. The molecule has 1 aromatic carbocycles. The van der Waals surface area contributed by atoms with Crippen molar-refractivity contribution < 1.29 is 24.2 Å². The van der Waals surface area contributed by atoms with Crippen LogP contribution in [0.2, 0.25) is 0 Å². The van der Waals surface area contributed by atoms with Crippen molar-refractivity contribution in [2.45, 2.75) is 19.6 Å². The van der Waals surface area contributed by atoms with Crippen LogP contribution in [0.4, 0.5) is 0 Å². The Morgan fingerprint density at radius 2 is 2.08 bits per heavy atom. The Labute approximate surface area is 145 Å². The number of carboxylic acid groups (broad SMARTS) is 1. The van der Waals surface area contributed by atoms with Crippen molar-refractivity contribution in [2.75, 3.05) is 13.7 Å². The zero-order valence-corrected chi connectivity index (χ0v) is 14.1. The van der Waals surface area contributed by atoms with E-state index in [2.05, 4.69) is 10.3 Å². The van der Waals surface area contributed by atoms with Gasteiger partial charge in [0.15, 0.2) is 6.10 Å². The van der Waals surface area contributed by atoms with Gasteiger partial charge in [0.1, 0.15) is 12.4 Å². The van der Waals surface area contributed by atoms with E-state index in [1.807, 2.05) is 25.1 Å². The SMILES string of the molecule is COC(CNC(=O)c1cccc(COc2ccc(C)nc2)c1)C(=O)O. The number of aliphatic carboxylic acids is 1. The molecule has 2 aromatic rings. The van der Waals surface area contributed by atoms with Crippen LogP contribution in [0.5, 0.6) is 5.75 Å². The van der Waals surface area contributed by atoms with E-state index in [1.54, 1.807) is 24.4 Å². The highest BCUT2D eigenvalue weighted by Crippen LogP contribution is 2.13. The predicted molar refractivity (Wildman–Crippen MR) is 90.5 cm³/mol. The maximum Gasteiger partial charge on any atom is 0.334 e. The summed E-state index contributed by atoms with van der Waals surface area (Å²) in [6, 6.07) is 10.6. The quantitative estimate of drug-likeness (QED) is 0.758. The molecule has 132 valence electrons. The molecule has 7 heteroatoms. The van der Waals surface area contributed by atoms with Crippen LogP contribution < -0.4 is 10.1 Å². The van der Waals surface area contributed by atoms with Gasteiger partial charge in [0.05, 0.1) is 12.7 Å². The summed E-state index contributed by atoms with van der Waals surface area (Å²) in [4.78, 5) is 27.2. The molecule has 0 saturated heterocycles. The number of carboxylic acids is 1. The van der Waals surface area contributed by atoms with E-state index in [9.17, 15) is 9.59 Å². The van der Waals surface area contributed by atoms with Crippen LogP contribution in [0.1, 0.15) is 21.6 Å². The van der Waals surface area contributed by atoms with Crippen LogP contribution in [0.3, 0.4) is 0 Å². The number of nitrogens with one attached hydrogen (secondary N) is 1. The van der Waals surface area contributed by atoms with Crippen molar-refractivity contribution in [3.63, 3.8) is 0 Å². The fraction of sp³-hybridized carbons (Fsp3) is 0.278. The Morgan fingerprint density at radius 1 is 1.28 bits per heavy atom. The zero-order valence-electron chi connectivity index (χ0n) is 14.1. The van der Waals surface area contributed by atoms with E-state index in [1.165, 1.54) is 7.11 Å². The molecule has 0 fully saturated rings. The standard InChI is InChI=1S/C18H20N2O5/c1-12-6-7-15(9-19-12)25-11-13-4-3-5-14(8-13)17(21)20-10-16(24-2)18(22)23/h3-9,16H,10-11H2,1-2H3,(H,20,21)(H,22,23). The molecule has 0 aliphatic heterocycles. The Kier molecular flexibility index (Phi) is 6.47. The van der Waals surface area contributed by atoms with E-state index in [0.29, 0.717) is 17.9 Å². The third-order valence-electron chi connectivity index (χ3n) is 3.49. The molecule has 25 heavy (non-hydrogen) atoms. The van der Waals surface area contributed by atoms with Crippen molar-refractivity contribution in [2.24, 2.45) is 0 Å². The van der Waals surface area contributed by atoms with E-state index in [4.69, 9.17) is 14.6 Å². The van der Waals surface area contributed by atoms with Crippen LogP contribution in [-0.2, 0) is 16.1 Å². The topological polar surface area (TPSA) is 97.8 Å². The number of pyridine rings is 1. The number of aromatic nitrogens is 1. The Bertz CT molecular complexity index is 731. The van der Waals surface area contributed by atoms with Gasteiger partial charge < -0.3 is 19.9 Å². The molecule has 1 amide bonds. The number of nitrogens with zero attached hydrogens (tertiary/aromatic N) is 1. The number of benzene rings is 1. The second-order valence-electron chi connectivity index (χ2n) is 5.40. The molecule has 0 saturated carbocycles. The number of ether oxygens (including phenoxy) is 2. The lowest BCUT2D eigenvalue weighted by atomic mass is 10.1. The number of hydrogen-bond donors (Lipinski definition) is 2. The van der Waals surface area contributed by atoms with Gasteiger partial charge in [-0.2, -0.15) is 0 Å². The minimum absolute atomic E-state index is 0.111. The van der Waals surface area contributed by atoms with Gasteiger partial charge in [0.2, 0.25) is 0 Å². The highest BCUT2D eigenvalue weighted by molar-refractivity contribution is 5.94. The zero-order chi connectivity index (χ0) is 18.2. The molecule has 1 atom stereocenters. The van der Waals surface area contributed by atoms with Gasteiger partial charge in [0.25, 0.3) is 5.91 Å². The molecule has 7 nitrogen and oxygen atoms in total. The number of rotatable bonds is 8. The minimum Gasteiger partial charge on any atom is -0.487 e. The normalized spacial score (nSPS) is 11.6. The molecule has 0 radical (unpaired) electrons. The molecule has 1 aromatic heterocycles. The van der Waals surface area contributed by atoms with Gasteiger partial charge in [-0.25, -0.2) is 4.79 Å². The summed E-state index contributed by atoms with van der Waals surface area (Å²) >= 11 is 0. The second-order valence-corrected chi connectivity index (χ2v) is 5.40. The number of carbonyl (C=O) groups excluding carboxylic acids is 1. The van der Waals surface area contributed by atoms with Crippen molar-refractivity contribution in [3.05, 3.63) is 59.4 Å². The second kappa shape index (κ2) is 8.79. The molecule has 1 heterocycles. The summed E-state index contributed by atoms with van der Waals surface area (Å²) in [6.07, 6.45) is 0.562. The van der Waals surface area contributed by atoms with Crippen LogP contribution in [-0.4, -0.2) is 41.7 Å². The smallest absolute Gasteiger partial charge is 0.334 e. The lowest BCUT2D eigenvalue weighted by molar-refractivity contribution is -0.148. The fourth-order valence-electron chi connectivity index (χ4n) is 2.07. The monoisotopic (exact) mass is 344 g/mol. The van der Waals surface area contributed by atoms with Crippen molar-refractivity contribution in [3.8, 4) is 5.75 Å². The average Bonchev–Trinajstić information content (AvgIpc) is 2.61. The molecular weight excluding hydrogens is 324 g/mol. The van der Waals surface area contributed by atoms with Crippen molar-refractivity contribution >= 4 is 11.9 Å². The highest BCUT2D eigenvalue weighted by atomic mass is 16.5. The Hall–Kier alpha value is -2.93. The lowest BCUT2D eigenvalue weighted by Crippen LogP contribution is -2.37. The highest BCUT2D eigenvalue weighted by Gasteiger charge is 2.17. The summed E-state index contributed by atoms with van der Waals surface area (Å²) in [5, 5.41) is 11.4. The first-order valence-electron chi connectivity index (χ1n) is 7.68. The summed E-state index contributed by atoms with van der Waals surface area (Å²) in [5.41, 5.74) is 2.14. The average molecular weight is 344 g/mol. The van der Waals surface area contributed by atoms with Gasteiger partial charge in [-0.1, -0.05) is 12.1 Å². The number of aryl methyl sites for hydroxylation is 1. The Balaban J connectivity index is 1.94. The molecule has 2 rings (SSSR count). The van der Waals surface area contributed by atoms with E-state index in [-0.39, 0.29) is 12.5 Å². The molecule has 0 spiro atoms. The van der Waals surface area contributed by atoms with Gasteiger partial charge in [-0.15, -0.1) is 0 Å². The third kappa shape index (κ3) is 5.58. The molecular formula is C18H20N2O5.